The first-order valence-corrected chi connectivity index (χ1v) is 11.1. The minimum absolute atomic E-state index is 0.136. The quantitative estimate of drug-likeness (QED) is 0.787. The molecule has 0 aromatic heterocycles. The van der Waals surface area contributed by atoms with Gasteiger partial charge in [-0.2, -0.15) is 0 Å². The number of benzene rings is 2. The third-order valence-corrected chi connectivity index (χ3v) is 6.88. The van der Waals surface area contributed by atoms with Crippen LogP contribution in [0.1, 0.15) is 28.8 Å². The van der Waals surface area contributed by atoms with Gasteiger partial charge >= 0.3 is 0 Å². The lowest BCUT2D eigenvalue weighted by Gasteiger charge is -2.28. The topological polar surface area (TPSA) is 66.5 Å². The van der Waals surface area contributed by atoms with Crippen LogP contribution < -0.4 is 9.62 Å². The molecule has 0 atom stereocenters. The highest BCUT2D eigenvalue weighted by Crippen LogP contribution is 2.28. The Labute approximate surface area is 169 Å². The highest BCUT2D eigenvalue weighted by atomic mass is 35.5. The SMILES string of the molecule is O=C(NCCc1ccc(Cl)cc1)c1ccc(N2CCCCS2(=O)=O)cc1Cl. The van der Waals surface area contributed by atoms with Crippen LogP contribution in [0.3, 0.4) is 0 Å². The van der Waals surface area contributed by atoms with Gasteiger partial charge in [0.05, 0.1) is 22.0 Å². The molecular formula is C19H20Cl2N2O3S. The maximum atomic E-state index is 12.4. The van der Waals surface area contributed by atoms with Gasteiger partial charge in [0.25, 0.3) is 5.91 Å². The molecule has 1 amide bonds. The molecule has 1 heterocycles. The molecule has 0 radical (unpaired) electrons. The number of anilines is 1. The fourth-order valence-electron chi connectivity index (χ4n) is 2.99. The Hall–Kier alpha value is -1.76. The van der Waals surface area contributed by atoms with Crippen LogP contribution in [0, 0.1) is 0 Å². The Morgan fingerprint density at radius 3 is 2.48 bits per heavy atom. The lowest BCUT2D eigenvalue weighted by atomic mass is 10.1. The number of hydrogen-bond donors (Lipinski definition) is 1. The van der Waals surface area contributed by atoms with E-state index < -0.39 is 10.0 Å². The summed E-state index contributed by atoms with van der Waals surface area (Å²) in [5.41, 5.74) is 1.89. The van der Waals surface area contributed by atoms with E-state index in [-0.39, 0.29) is 16.7 Å². The molecule has 8 heteroatoms. The van der Waals surface area contributed by atoms with E-state index in [2.05, 4.69) is 5.32 Å². The summed E-state index contributed by atoms with van der Waals surface area (Å²) in [5, 5.41) is 3.74. The van der Waals surface area contributed by atoms with E-state index in [0.717, 1.165) is 12.0 Å². The molecule has 0 aliphatic carbocycles. The number of halogens is 2. The van der Waals surface area contributed by atoms with Gasteiger partial charge in [-0.15, -0.1) is 0 Å². The van der Waals surface area contributed by atoms with Crippen molar-refractivity contribution in [1.82, 2.24) is 5.32 Å². The summed E-state index contributed by atoms with van der Waals surface area (Å²) in [4.78, 5) is 12.4. The van der Waals surface area contributed by atoms with E-state index in [1.165, 1.54) is 4.31 Å². The first-order chi connectivity index (χ1) is 12.9. The fraction of sp³-hybridized carbons (Fsp3) is 0.316. The molecule has 1 aliphatic heterocycles. The molecule has 1 fully saturated rings. The molecule has 1 aliphatic rings. The smallest absolute Gasteiger partial charge is 0.252 e. The zero-order chi connectivity index (χ0) is 19.4. The number of nitrogens with zero attached hydrogens (tertiary/aromatic N) is 1. The molecule has 27 heavy (non-hydrogen) atoms. The molecule has 1 saturated heterocycles. The number of sulfonamides is 1. The van der Waals surface area contributed by atoms with Gasteiger partial charge in [-0.1, -0.05) is 35.3 Å². The second kappa shape index (κ2) is 8.50. The maximum absolute atomic E-state index is 12.4. The summed E-state index contributed by atoms with van der Waals surface area (Å²) in [7, 11) is -3.31. The predicted octanol–water partition coefficient (Wildman–Crippen LogP) is 3.90. The van der Waals surface area contributed by atoms with Gasteiger partial charge in [0.1, 0.15) is 0 Å². The van der Waals surface area contributed by atoms with Crippen LogP contribution in [0.2, 0.25) is 10.0 Å². The van der Waals surface area contributed by atoms with Gasteiger partial charge in [-0.25, -0.2) is 8.42 Å². The van der Waals surface area contributed by atoms with Crippen molar-refractivity contribution >= 4 is 44.8 Å². The number of nitrogens with one attached hydrogen (secondary N) is 1. The van der Waals surface area contributed by atoms with Crippen molar-refractivity contribution in [1.29, 1.82) is 0 Å². The van der Waals surface area contributed by atoms with Crippen LogP contribution >= 0.6 is 23.2 Å². The van der Waals surface area contributed by atoms with Crippen molar-refractivity contribution in [3.05, 3.63) is 63.6 Å². The van der Waals surface area contributed by atoms with Gasteiger partial charge in [-0.3, -0.25) is 9.10 Å². The van der Waals surface area contributed by atoms with E-state index >= 15 is 0 Å². The van der Waals surface area contributed by atoms with Crippen molar-refractivity contribution in [3.63, 3.8) is 0 Å². The molecule has 0 spiro atoms. The van der Waals surface area contributed by atoms with E-state index in [9.17, 15) is 13.2 Å². The molecule has 0 bridgehead atoms. The van der Waals surface area contributed by atoms with E-state index in [1.54, 1.807) is 18.2 Å². The number of carbonyl (C=O) groups excluding carboxylic acids is 1. The van der Waals surface area contributed by atoms with Crippen LogP contribution in [-0.2, 0) is 16.4 Å². The van der Waals surface area contributed by atoms with Crippen LogP contribution in [-0.4, -0.2) is 33.2 Å². The average molecular weight is 427 g/mol. The predicted molar refractivity (Wildman–Crippen MR) is 109 cm³/mol. The summed E-state index contributed by atoms with van der Waals surface area (Å²) in [5.74, 6) is -0.153. The summed E-state index contributed by atoms with van der Waals surface area (Å²) in [6, 6.07) is 12.2. The van der Waals surface area contributed by atoms with Crippen LogP contribution in [0.25, 0.3) is 0 Å². The van der Waals surface area contributed by atoms with E-state index in [1.807, 2.05) is 24.3 Å². The second-order valence-electron chi connectivity index (χ2n) is 6.39. The summed E-state index contributed by atoms with van der Waals surface area (Å²) < 4.78 is 25.8. The second-order valence-corrected chi connectivity index (χ2v) is 9.25. The molecule has 0 saturated carbocycles. The Morgan fingerprint density at radius 1 is 1.07 bits per heavy atom. The monoisotopic (exact) mass is 426 g/mol. The van der Waals surface area contributed by atoms with Crippen molar-refractivity contribution in [2.75, 3.05) is 23.1 Å². The number of rotatable bonds is 5. The molecule has 2 aromatic carbocycles. The number of carbonyl (C=O) groups is 1. The lowest BCUT2D eigenvalue weighted by molar-refractivity contribution is 0.0954. The van der Waals surface area contributed by atoms with Crippen molar-refractivity contribution < 1.29 is 13.2 Å². The van der Waals surface area contributed by atoms with Crippen LogP contribution in [0.15, 0.2) is 42.5 Å². The minimum Gasteiger partial charge on any atom is -0.352 e. The molecule has 144 valence electrons. The van der Waals surface area contributed by atoms with Gasteiger partial charge in [0.15, 0.2) is 0 Å². The Morgan fingerprint density at radius 2 is 1.81 bits per heavy atom. The maximum Gasteiger partial charge on any atom is 0.252 e. The Kier molecular flexibility index (Phi) is 6.29. The van der Waals surface area contributed by atoms with Gasteiger partial charge < -0.3 is 5.32 Å². The summed E-state index contributed by atoms with van der Waals surface area (Å²) in [6.45, 7) is 0.893. The molecule has 1 N–H and O–H groups in total. The Bertz CT molecular complexity index is 930. The van der Waals surface area contributed by atoms with E-state index in [4.69, 9.17) is 23.2 Å². The van der Waals surface area contributed by atoms with Crippen LogP contribution in [0.5, 0.6) is 0 Å². The number of amides is 1. The zero-order valence-corrected chi connectivity index (χ0v) is 16.9. The minimum atomic E-state index is -3.31. The van der Waals surface area contributed by atoms with Crippen LogP contribution in [0.4, 0.5) is 5.69 Å². The number of hydrogen-bond acceptors (Lipinski definition) is 3. The van der Waals surface area contributed by atoms with Gasteiger partial charge in [0.2, 0.25) is 10.0 Å². The molecule has 2 aromatic rings. The lowest BCUT2D eigenvalue weighted by Crippen LogP contribution is -2.37. The van der Waals surface area contributed by atoms with Gasteiger partial charge in [0, 0.05) is 18.1 Å². The highest BCUT2D eigenvalue weighted by Gasteiger charge is 2.26. The summed E-state index contributed by atoms with van der Waals surface area (Å²) in [6.07, 6.45) is 2.15. The first kappa shape index (κ1) is 20.0. The molecule has 0 unspecified atom stereocenters. The van der Waals surface area contributed by atoms with Crippen molar-refractivity contribution in [2.24, 2.45) is 0 Å². The normalized spacial score (nSPS) is 16.1. The highest BCUT2D eigenvalue weighted by molar-refractivity contribution is 7.92. The average Bonchev–Trinajstić information content (AvgIpc) is 2.63. The van der Waals surface area contributed by atoms with Crippen molar-refractivity contribution in [2.45, 2.75) is 19.3 Å². The zero-order valence-electron chi connectivity index (χ0n) is 14.6. The third-order valence-electron chi connectivity index (χ3n) is 4.45. The third kappa shape index (κ3) is 4.94. The van der Waals surface area contributed by atoms with Crippen molar-refractivity contribution in [3.8, 4) is 0 Å². The fourth-order valence-corrected chi connectivity index (χ4v) is 5.01. The standard InChI is InChI=1S/C19H20Cl2N2O3S/c20-15-5-3-14(4-6-15)9-10-22-19(24)17-8-7-16(13-18(17)21)23-11-1-2-12-27(23,25)26/h3-8,13H,1-2,9-12H2,(H,22,24). The van der Waals surface area contributed by atoms with E-state index in [0.29, 0.717) is 42.2 Å². The first-order valence-electron chi connectivity index (χ1n) is 8.69. The largest absolute Gasteiger partial charge is 0.352 e. The molecular weight excluding hydrogens is 407 g/mol. The Balaban J connectivity index is 1.64. The summed E-state index contributed by atoms with van der Waals surface area (Å²) >= 11 is 12.1. The molecule has 5 nitrogen and oxygen atoms in total. The molecule has 3 rings (SSSR count). The van der Waals surface area contributed by atoms with Gasteiger partial charge in [-0.05, 0) is 55.2 Å².